The van der Waals surface area contributed by atoms with Gasteiger partial charge in [-0.1, -0.05) is 13.3 Å². The van der Waals surface area contributed by atoms with E-state index in [-0.39, 0.29) is 5.91 Å². The second kappa shape index (κ2) is 8.48. The molecule has 1 aliphatic rings. The predicted molar refractivity (Wildman–Crippen MR) is 75.7 cm³/mol. The van der Waals surface area contributed by atoms with Crippen molar-refractivity contribution in [3.05, 3.63) is 0 Å². The van der Waals surface area contributed by atoms with Crippen LogP contribution in [-0.4, -0.2) is 62.0 Å². The molecule has 18 heavy (non-hydrogen) atoms. The highest BCUT2D eigenvalue weighted by atomic mass is 16.2. The van der Waals surface area contributed by atoms with Gasteiger partial charge in [0, 0.05) is 12.6 Å². The zero-order valence-corrected chi connectivity index (χ0v) is 12.2. The molecule has 0 aliphatic carbocycles. The number of rotatable bonds is 7. The molecule has 0 aromatic carbocycles. The predicted octanol–water partition coefficient (Wildman–Crippen LogP) is 1.32. The Kier molecular flexibility index (Phi) is 7.28. The minimum atomic E-state index is 0.189. The van der Waals surface area contributed by atoms with Crippen molar-refractivity contribution in [2.75, 3.05) is 40.3 Å². The summed E-state index contributed by atoms with van der Waals surface area (Å²) in [6.07, 6.45) is 6.00. The minimum absolute atomic E-state index is 0.189. The molecule has 4 nitrogen and oxygen atoms in total. The Morgan fingerprint density at radius 3 is 2.83 bits per heavy atom. The first-order valence-electron chi connectivity index (χ1n) is 7.29. The van der Waals surface area contributed by atoms with Crippen LogP contribution in [0.1, 0.15) is 39.0 Å². The van der Waals surface area contributed by atoms with Gasteiger partial charge in [-0.25, -0.2) is 0 Å². The molecule has 0 spiro atoms. The molecule has 1 N–H and O–H groups in total. The summed E-state index contributed by atoms with van der Waals surface area (Å²) in [5.74, 6) is 0.189. The first kappa shape index (κ1) is 15.4. The summed E-state index contributed by atoms with van der Waals surface area (Å²) in [6.45, 7) is 5.71. The van der Waals surface area contributed by atoms with E-state index in [0.29, 0.717) is 12.6 Å². The van der Waals surface area contributed by atoms with Crippen molar-refractivity contribution in [3.8, 4) is 0 Å². The molecular formula is C14H29N3O. The van der Waals surface area contributed by atoms with Crippen LogP contribution in [-0.2, 0) is 4.79 Å². The van der Waals surface area contributed by atoms with Crippen molar-refractivity contribution >= 4 is 5.91 Å². The van der Waals surface area contributed by atoms with Crippen LogP contribution < -0.4 is 5.32 Å². The summed E-state index contributed by atoms with van der Waals surface area (Å²) >= 11 is 0. The van der Waals surface area contributed by atoms with Crippen LogP contribution in [0.3, 0.4) is 0 Å². The Morgan fingerprint density at radius 2 is 2.17 bits per heavy atom. The lowest BCUT2D eigenvalue weighted by Crippen LogP contribution is -2.45. The molecule has 0 radical (unpaired) electrons. The van der Waals surface area contributed by atoms with E-state index in [1.165, 1.54) is 19.3 Å². The van der Waals surface area contributed by atoms with Crippen molar-refractivity contribution in [1.82, 2.24) is 15.1 Å². The van der Waals surface area contributed by atoms with Crippen LogP contribution in [0.5, 0.6) is 0 Å². The zero-order chi connectivity index (χ0) is 13.4. The number of amides is 1. The molecule has 0 aromatic heterocycles. The third-order valence-corrected chi connectivity index (χ3v) is 3.67. The van der Waals surface area contributed by atoms with E-state index in [0.717, 1.165) is 32.5 Å². The molecule has 0 saturated carbocycles. The quantitative estimate of drug-likeness (QED) is 0.697. The second-order valence-electron chi connectivity index (χ2n) is 5.54. The zero-order valence-electron chi connectivity index (χ0n) is 12.2. The van der Waals surface area contributed by atoms with Gasteiger partial charge in [-0.05, 0) is 52.9 Å². The number of hydrogen-bond donors (Lipinski definition) is 1. The lowest BCUT2D eigenvalue weighted by atomic mass is 10.0. The van der Waals surface area contributed by atoms with Crippen molar-refractivity contribution in [1.29, 1.82) is 0 Å². The number of nitrogens with zero attached hydrogens (tertiary/aromatic N) is 2. The fourth-order valence-corrected chi connectivity index (χ4v) is 2.59. The molecular weight excluding hydrogens is 226 g/mol. The van der Waals surface area contributed by atoms with Gasteiger partial charge in [0.05, 0.1) is 6.54 Å². The van der Waals surface area contributed by atoms with E-state index in [4.69, 9.17) is 0 Å². The molecule has 1 heterocycles. The standard InChI is InChI=1S/C14H29N3O/c1-4-13-8-5-6-11-17(13)12-14(18)15-9-7-10-16(2)3/h13H,4-12H2,1-3H3,(H,15,18). The van der Waals surface area contributed by atoms with Gasteiger partial charge in [0.1, 0.15) is 0 Å². The average molecular weight is 255 g/mol. The average Bonchev–Trinajstić information content (AvgIpc) is 2.35. The summed E-state index contributed by atoms with van der Waals surface area (Å²) in [5, 5.41) is 3.02. The molecule has 1 unspecified atom stereocenters. The van der Waals surface area contributed by atoms with Gasteiger partial charge in [0.2, 0.25) is 5.91 Å². The monoisotopic (exact) mass is 255 g/mol. The van der Waals surface area contributed by atoms with Gasteiger partial charge in [-0.3, -0.25) is 9.69 Å². The lowest BCUT2D eigenvalue weighted by molar-refractivity contribution is -0.123. The van der Waals surface area contributed by atoms with Crippen LogP contribution in [0.15, 0.2) is 0 Å². The maximum atomic E-state index is 11.9. The van der Waals surface area contributed by atoms with Crippen LogP contribution in [0.2, 0.25) is 0 Å². The van der Waals surface area contributed by atoms with Crippen molar-refractivity contribution in [3.63, 3.8) is 0 Å². The van der Waals surface area contributed by atoms with Gasteiger partial charge >= 0.3 is 0 Å². The molecule has 1 fully saturated rings. The maximum absolute atomic E-state index is 11.9. The van der Waals surface area contributed by atoms with Crippen LogP contribution in [0, 0.1) is 0 Å². The van der Waals surface area contributed by atoms with E-state index in [9.17, 15) is 4.79 Å². The minimum Gasteiger partial charge on any atom is -0.355 e. The number of carbonyl (C=O) groups excluding carboxylic acids is 1. The van der Waals surface area contributed by atoms with Crippen molar-refractivity contribution in [2.45, 2.75) is 45.1 Å². The van der Waals surface area contributed by atoms with E-state index in [1.807, 2.05) is 0 Å². The number of likely N-dealkylation sites (tertiary alicyclic amines) is 1. The van der Waals surface area contributed by atoms with E-state index in [2.05, 4.69) is 36.1 Å². The fraction of sp³-hybridized carbons (Fsp3) is 0.929. The van der Waals surface area contributed by atoms with Gasteiger partial charge < -0.3 is 10.2 Å². The Morgan fingerprint density at radius 1 is 1.39 bits per heavy atom. The summed E-state index contributed by atoms with van der Waals surface area (Å²) in [7, 11) is 4.11. The summed E-state index contributed by atoms with van der Waals surface area (Å²) < 4.78 is 0. The smallest absolute Gasteiger partial charge is 0.234 e. The fourth-order valence-electron chi connectivity index (χ4n) is 2.59. The van der Waals surface area contributed by atoms with E-state index in [1.54, 1.807) is 0 Å². The van der Waals surface area contributed by atoms with E-state index < -0.39 is 0 Å². The van der Waals surface area contributed by atoms with Crippen LogP contribution in [0.25, 0.3) is 0 Å². The Bertz CT molecular complexity index is 243. The molecule has 1 amide bonds. The Hall–Kier alpha value is -0.610. The van der Waals surface area contributed by atoms with Crippen molar-refractivity contribution in [2.24, 2.45) is 0 Å². The Labute approximate surface area is 112 Å². The van der Waals surface area contributed by atoms with Gasteiger partial charge in [-0.15, -0.1) is 0 Å². The van der Waals surface area contributed by atoms with E-state index >= 15 is 0 Å². The topological polar surface area (TPSA) is 35.6 Å². The number of nitrogens with one attached hydrogen (secondary N) is 1. The summed E-state index contributed by atoms with van der Waals surface area (Å²) in [4.78, 5) is 16.3. The summed E-state index contributed by atoms with van der Waals surface area (Å²) in [5.41, 5.74) is 0. The third-order valence-electron chi connectivity index (χ3n) is 3.67. The number of hydrogen-bond acceptors (Lipinski definition) is 3. The first-order chi connectivity index (χ1) is 8.63. The molecule has 106 valence electrons. The third kappa shape index (κ3) is 5.83. The molecule has 1 rings (SSSR count). The first-order valence-corrected chi connectivity index (χ1v) is 7.29. The summed E-state index contributed by atoms with van der Waals surface area (Å²) in [6, 6.07) is 0.617. The van der Waals surface area contributed by atoms with Crippen molar-refractivity contribution < 1.29 is 4.79 Å². The number of carbonyl (C=O) groups is 1. The normalized spacial score (nSPS) is 21.2. The molecule has 0 aromatic rings. The highest BCUT2D eigenvalue weighted by Crippen LogP contribution is 2.18. The van der Waals surface area contributed by atoms with Crippen LogP contribution >= 0.6 is 0 Å². The highest BCUT2D eigenvalue weighted by molar-refractivity contribution is 5.78. The molecule has 4 heteroatoms. The SMILES string of the molecule is CCC1CCCCN1CC(=O)NCCCN(C)C. The molecule has 1 aliphatic heterocycles. The molecule has 1 saturated heterocycles. The van der Waals surface area contributed by atoms with Gasteiger partial charge in [0.15, 0.2) is 0 Å². The maximum Gasteiger partial charge on any atom is 0.234 e. The molecule has 0 bridgehead atoms. The van der Waals surface area contributed by atoms with Crippen LogP contribution in [0.4, 0.5) is 0 Å². The largest absolute Gasteiger partial charge is 0.355 e. The molecule has 1 atom stereocenters. The highest BCUT2D eigenvalue weighted by Gasteiger charge is 2.22. The Balaban J connectivity index is 2.18. The van der Waals surface area contributed by atoms with Gasteiger partial charge in [-0.2, -0.15) is 0 Å². The van der Waals surface area contributed by atoms with Gasteiger partial charge in [0.25, 0.3) is 0 Å². The second-order valence-corrected chi connectivity index (χ2v) is 5.54. The number of piperidine rings is 1. The lowest BCUT2D eigenvalue weighted by Gasteiger charge is -2.34.